The van der Waals surface area contributed by atoms with Crippen molar-refractivity contribution in [1.82, 2.24) is 4.90 Å². The normalized spacial score (nSPS) is 36.3. The van der Waals surface area contributed by atoms with E-state index in [1.54, 1.807) is 0 Å². The molecule has 1 unspecified atom stereocenters. The first-order chi connectivity index (χ1) is 4.86. The number of hydrogen-bond donors (Lipinski definition) is 0. The van der Waals surface area contributed by atoms with Crippen LogP contribution >= 0.6 is 0 Å². The Balaban J connectivity index is 1.84. The van der Waals surface area contributed by atoms with Crippen LogP contribution in [0.2, 0.25) is 0 Å². The molecule has 1 radical (unpaired) electrons. The van der Waals surface area contributed by atoms with Crippen molar-refractivity contribution in [2.24, 2.45) is 0 Å². The van der Waals surface area contributed by atoms with Gasteiger partial charge in [-0.25, -0.2) is 0 Å². The van der Waals surface area contributed by atoms with Gasteiger partial charge in [-0.3, -0.25) is 4.90 Å². The molecule has 57 valence electrons. The lowest BCUT2D eigenvalue weighted by Crippen LogP contribution is -2.42. The Labute approximate surface area is 62.2 Å². The van der Waals surface area contributed by atoms with E-state index < -0.39 is 0 Å². The predicted molar refractivity (Wildman–Crippen MR) is 39.7 cm³/mol. The zero-order valence-corrected chi connectivity index (χ0v) is 6.25. The number of morpholine rings is 1. The van der Waals surface area contributed by atoms with Crippen LogP contribution in [0.4, 0.5) is 0 Å². The molecular formula is C8H14NO. The Bertz CT molecular complexity index is 122. The molecule has 0 N–H and O–H groups in total. The summed E-state index contributed by atoms with van der Waals surface area (Å²) in [7, 11) is 0. The third kappa shape index (κ3) is 1.32. The summed E-state index contributed by atoms with van der Waals surface area (Å²) < 4.78 is 5.33. The zero-order valence-electron chi connectivity index (χ0n) is 6.25. The van der Waals surface area contributed by atoms with E-state index in [0.29, 0.717) is 0 Å². The third-order valence-electron chi connectivity index (χ3n) is 2.23. The number of hydrogen-bond acceptors (Lipinski definition) is 2. The molecule has 2 rings (SSSR count). The molecule has 1 saturated heterocycles. The van der Waals surface area contributed by atoms with Crippen molar-refractivity contribution in [3.63, 3.8) is 0 Å². The van der Waals surface area contributed by atoms with E-state index in [4.69, 9.17) is 4.74 Å². The van der Waals surface area contributed by atoms with Crippen molar-refractivity contribution in [1.29, 1.82) is 0 Å². The van der Waals surface area contributed by atoms with Crippen LogP contribution in [-0.4, -0.2) is 36.7 Å². The predicted octanol–water partition coefficient (Wildman–Crippen LogP) is 0.684. The standard InChI is InChI=1S/C8H14NO/c1-7-6-9(4-5-10-7)8-2-3-8/h7-8H,1-6H2. The fourth-order valence-corrected chi connectivity index (χ4v) is 1.51. The fraction of sp³-hybridized carbons (Fsp3) is 0.875. The largest absolute Gasteiger partial charge is 0.376 e. The summed E-state index contributed by atoms with van der Waals surface area (Å²) in [6, 6.07) is 0.883. The lowest BCUT2D eigenvalue weighted by Gasteiger charge is -2.30. The van der Waals surface area contributed by atoms with Crippen molar-refractivity contribution < 1.29 is 4.74 Å². The first kappa shape index (κ1) is 6.62. The van der Waals surface area contributed by atoms with Gasteiger partial charge in [0.1, 0.15) is 0 Å². The lowest BCUT2D eigenvalue weighted by molar-refractivity contribution is -0.00809. The zero-order chi connectivity index (χ0) is 6.97. The smallest absolute Gasteiger partial charge is 0.0703 e. The van der Waals surface area contributed by atoms with Gasteiger partial charge in [-0.15, -0.1) is 0 Å². The molecule has 1 heterocycles. The molecule has 1 aliphatic heterocycles. The van der Waals surface area contributed by atoms with Gasteiger partial charge in [0.2, 0.25) is 0 Å². The van der Waals surface area contributed by atoms with Crippen molar-refractivity contribution in [2.75, 3.05) is 19.7 Å². The molecule has 0 aromatic carbocycles. The van der Waals surface area contributed by atoms with Gasteiger partial charge < -0.3 is 4.74 Å². The second-order valence-electron chi connectivity index (χ2n) is 3.22. The Morgan fingerprint density at radius 3 is 2.80 bits per heavy atom. The van der Waals surface area contributed by atoms with Crippen LogP contribution in [0.25, 0.3) is 0 Å². The maximum atomic E-state index is 5.33. The quantitative estimate of drug-likeness (QED) is 0.531. The Morgan fingerprint density at radius 1 is 1.40 bits per heavy atom. The van der Waals surface area contributed by atoms with Crippen molar-refractivity contribution >= 4 is 0 Å². The lowest BCUT2D eigenvalue weighted by atomic mass is 10.3. The van der Waals surface area contributed by atoms with E-state index in [-0.39, 0.29) is 6.10 Å². The van der Waals surface area contributed by atoms with Gasteiger partial charge in [0.05, 0.1) is 12.7 Å². The maximum absolute atomic E-state index is 5.33. The van der Waals surface area contributed by atoms with Crippen LogP contribution in [0.5, 0.6) is 0 Å². The Hall–Kier alpha value is -0.0800. The van der Waals surface area contributed by atoms with Gasteiger partial charge in [0.15, 0.2) is 0 Å². The van der Waals surface area contributed by atoms with E-state index in [0.717, 1.165) is 25.7 Å². The number of nitrogens with zero attached hydrogens (tertiary/aromatic N) is 1. The number of rotatable bonds is 1. The average Bonchev–Trinajstić information content (AvgIpc) is 2.68. The van der Waals surface area contributed by atoms with Crippen molar-refractivity contribution in [3.8, 4) is 0 Å². The molecule has 1 saturated carbocycles. The highest BCUT2D eigenvalue weighted by atomic mass is 16.5. The van der Waals surface area contributed by atoms with Gasteiger partial charge in [0, 0.05) is 19.1 Å². The fourth-order valence-electron chi connectivity index (χ4n) is 1.51. The van der Waals surface area contributed by atoms with E-state index in [9.17, 15) is 0 Å². The molecule has 1 aliphatic carbocycles. The molecular weight excluding hydrogens is 126 g/mol. The highest BCUT2D eigenvalue weighted by Gasteiger charge is 2.31. The molecule has 0 amide bonds. The Morgan fingerprint density at radius 2 is 2.20 bits per heavy atom. The van der Waals surface area contributed by atoms with E-state index >= 15 is 0 Å². The van der Waals surface area contributed by atoms with Gasteiger partial charge in [0.25, 0.3) is 0 Å². The minimum Gasteiger partial charge on any atom is -0.376 e. The minimum atomic E-state index is 0.217. The summed E-state index contributed by atoms with van der Waals surface area (Å²) in [5.41, 5.74) is 0. The van der Waals surface area contributed by atoms with Crippen LogP contribution in [-0.2, 0) is 4.74 Å². The van der Waals surface area contributed by atoms with Gasteiger partial charge in [-0.1, -0.05) is 0 Å². The topological polar surface area (TPSA) is 12.5 Å². The highest BCUT2D eigenvalue weighted by molar-refractivity contribution is 4.87. The second-order valence-corrected chi connectivity index (χ2v) is 3.22. The summed E-state index contributed by atoms with van der Waals surface area (Å²) in [6.45, 7) is 6.94. The van der Waals surface area contributed by atoms with Gasteiger partial charge >= 0.3 is 0 Å². The molecule has 2 heteroatoms. The van der Waals surface area contributed by atoms with Crippen LogP contribution < -0.4 is 0 Å². The van der Waals surface area contributed by atoms with Crippen LogP contribution in [0.15, 0.2) is 0 Å². The van der Waals surface area contributed by atoms with Crippen LogP contribution in [0, 0.1) is 6.92 Å². The number of ether oxygens (including phenoxy) is 1. The van der Waals surface area contributed by atoms with Crippen molar-refractivity contribution in [3.05, 3.63) is 6.92 Å². The third-order valence-corrected chi connectivity index (χ3v) is 2.23. The summed E-state index contributed by atoms with van der Waals surface area (Å²) in [5, 5.41) is 0. The molecule has 0 spiro atoms. The molecule has 1 atom stereocenters. The molecule has 2 aliphatic rings. The molecule has 0 bridgehead atoms. The molecule has 2 fully saturated rings. The molecule has 2 nitrogen and oxygen atoms in total. The van der Waals surface area contributed by atoms with E-state index in [2.05, 4.69) is 11.8 Å². The van der Waals surface area contributed by atoms with Crippen LogP contribution in [0.1, 0.15) is 12.8 Å². The van der Waals surface area contributed by atoms with E-state index in [1.807, 2.05) is 0 Å². The Kier molecular flexibility index (Phi) is 1.66. The van der Waals surface area contributed by atoms with Crippen molar-refractivity contribution in [2.45, 2.75) is 25.0 Å². The van der Waals surface area contributed by atoms with Gasteiger partial charge in [-0.2, -0.15) is 0 Å². The summed E-state index contributed by atoms with van der Waals surface area (Å²) in [6.07, 6.45) is 3.01. The second kappa shape index (κ2) is 2.51. The summed E-state index contributed by atoms with van der Waals surface area (Å²) >= 11 is 0. The molecule has 0 aromatic rings. The van der Waals surface area contributed by atoms with Crippen LogP contribution in [0.3, 0.4) is 0 Å². The summed E-state index contributed by atoms with van der Waals surface area (Å²) in [5.74, 6) is 0. The SMILES string of the molecule is [CH2]C1CN(C2CC2)CCO1. The monoisotopic (exact) mass is 140 g/mol. The molecule has 10 heavy (non-hydrogen) atoms. The van der Waals surface area contributed by atoms with Gasteiger partial charge in [-0.05, 0) is 19.8 Å². The maximum Gasteiger partial charge on any atom is 0.0703 e. The molecule has 0 aromatic heterocycles. The first-order valence-electron chi connectivity index (χ1n) is 4.05. The first-order valence-corrected chi connectivity index (χ1v) is 4.05. The summed E-state index contributed by atoms with van der Waals surface area (Å²) in [4.78, 5) is 2.50. The highest BCUT2D eigenvalue weighted by Crippen LogP contribution is 2.27. The minimum absolute atomic E-state index is 0.217. The average molecular weight is 140 g/mol. The van der Waals surface area contributed by atoms with E-state index in [1.165, 1.54) is 12.8 Å².